The number of hydrogen-bond acceptors (Lipinski definition) is 6. The smallest absolute Gasteiger partial charge is 0.345 e. The van der Waals surface area contributed by atoms with Gasteiger partial charge in [-0.2, -0.15) is 4.98 Å². The van der Waals surface area contributed by atoms with Gasteiger partial charge in [0.05, 0.1) is 20.1 Å². The second-order valence-electron chi connectivity index (χ2n) is 4.23. The summed E-state index contributed by atoms with van der Waals surface area (Å²) in [6.45, 7) is 2.72. The highest BCUT2D eigenvalue weighted by atomic mass is 16.5. The first-order valence-corrected chi connectivity index (χ1v) is 5.93. The fraction of sp³-hybridized carbons (Fsp3) is 0.500. The molecule has 0 radical (unpaired) electrons. The van der Waals surface area contributed by atoms with Crippen LogP contribution in [0.2, 0.25) is 0 Å². The van der Waals surface area contributed by atoms with Crippen LogP contribution in [0.25, 0.3) is 0 Å². The monoisotopic (exact) mass is 283 g/mol. The number of ether oxygens (including phenoxy) is 1. The third kappa shape index (κ3) is 3.89. The minimum Gasteiger partial charge on any atom is -0.467 e. The molecule has 0 saturated carbocycles. The maximum Gasteiger partial charge on any atom is 0.345 e. The van der Waals surface area contributed by atoms with Crippen molar-refractivity contribution in [2.24, 2.45) is 0 Å². The van der Waals surface area contributed by atoms with Crippen molar-refractivity contribution in [2.45, 2.75) is 26.3 Å². The van der Waals surface area contributed by atoms with E-state index in [4.69, 9.17) is 5.11 Å². The number of H-pyrrole nitrogens is 1. The summed E-state index contributed by atoms with van der Waals surface area (Å²) in [5.74, 6) is -1.21. The first-order valence-electron chi connectivity index (χ1n) is 5.93. The van der Waals surface area contributed by atoms with Crippen molar-refractivity contribution in [3.8, 4) is 0 Å². The number of rotatable bonds is 5. The molecule has 0 aliphatic heterocycles. The third-order valence-electron chi connectivity index (χ3n) is 2.79. The van der Waals surface area contributed by atoms with Gasteiger partial charge in [-0.3, -0.25) is 4.79 Å². The highest BCUT2D eigenvalue weighted by Crippen LogP contribution is 2.07. The third-order valence-corrected chi connectivity index (χ3v) is 2.79. The lowest BCUT2D eigenvalue weighted by atomic mass is 10.1. The van der Waals surface area contributed by atoms with Gasteiger partial charge in [0.2, 0.25) is 5.91 Å². The van der Waals surface area contributed by atoms with Crippen LogP contribution >= 0.6 is 0 Å². The van der Waals surface area contributed by atoms with Gasteiger partial charge in [0, 0.05) is 17.0 Å². The summed E-state index contributed by atoms with van der Waals surface area (Å²) in [5.41, 5.74) is 1.08. The summed E-state index contributed by atoms with van der Waals surface area (Å²) in [5, 5.41) is 11.4. The molecule has 110 valence electrons. The number of nitrogens with one attached hydrogen (secondary N) is 2. The van der Waals surface area contributed by atoms with Crippen LogP contribution < -0.4 is 11.0 Å². The zero-order valence-corrected chi connectivity index (χ0v) is 11.5. The van der Waals surface area contributed by atoms with Crippen molar-refractivity contribution in [2.75, 3.05) is 13.7 Å². The average molecular weight is 283 g/mol. The number of methoxy groups -OCH3 is 1. The molecule has 1 heterocycles. The number of esters is 1. The largest absolute Gasteiger partial charge is 0.467 e. The Bertz CT molecular complexity index is 540. The van der Waals surface area contributed by atoms with E-state index in [2.05, 4.69) is 20.0 Å². The van der Waals surface area contributed by atoms with Crippen LogP contribution in [-0.4, -0.2) is 46.7 Å². The molecule has 0 aliphatic carbocycles. The summed E-state index contributed by atoms with van der Waals surface area (Å²) >= 11 is 0. The van der Waals surface area contributed by atoms with Crippen LogP contribution in [-0.2, 0) is 20.7 Å². The molecule has 3 N–H and O–H groups in total. The number of aromatic nitrogens is 2. The zero-order chi connectivity index (χ0) is 15.3. The fourth-order valence-electron chi connectivity index (χ4n) is 1.74. The highest BCUT2D eigenvalue weighted by Gasteiger charge is 2.21. The predicted octanol–water partition coefficient (Wildman–Crippen LogP) is -1.42. The molecular formula is C12H17N3O5. The van der Waals surface area contributed by atoms with E-state index in [0.717, 1.165) is 7.11 Å². The summed E-state index contributed by atoms with van der Waals surface area (Å²) in [4.78, 5) is 40.4. The fourth-order valence-corrected chi connectivity index (χ4v) is 1.74. The Kier molecular flexibility index (Phi) is 5.39. The van der Waals surface area contributed by atoms with Crippen molar-refractivity contribution in [3.63, 3.8) is 0 Å². The molecule has 0 aromatic carbocycles. The molecule has 8 nitrogen and oxygen atoms in total. The minimum absolute atomic E-state index is 0.0606. The van der Waals surface area contributed by atoms with Crippen LogP contribution in [0.1, 0.15) is 17.0 Å². The van der Waals surface area contributed by atoms with E-state index in [1.54, 1.807) is 13.8 Å². The quantitative estimate of drug-likeness (QED) is 0.570. The van der Waals surface area contributed by atoms with E-state index in [9.17, 15) is 14.4 Å². The van der Waals surface area contributed by atoms with Gasteiger partial charge in [-0.05, 0) is 13.8 Å². The molecule has 0 bridgehead atoms. The van der Waals surface area contributed by atoms with Crippen LogP contribution in [0.5, 0.6) is 0 Å². The van der Waals surface area contributed by atoms with Gasteiger partial charge in [0.1, 0.15) is 0 Å². The number of carbonyl (C=O) groups excluding carboxylic acids is 2. The SMILES string of the molecule is COC(=O)C(CO)NC(=O)Cc1c(C)nc(=O)[nH]c1C. The molecule has 1 aromatic rings. The van der Waals surface area contributed by atoms with Crippen LogP contribution in [0.15, 0.2) is 4.79 Å². The number of amides is 1. The molecule has 0 aliphatic rings. The van der Waals surface area contributed by atoms with E-state index in [1.807, 2.05) is 0 Å². The van der Waals surface area contributed by atoms with E-state index < -0.39 is 30.2 Å². The number of aliphatic hydroxyl groups is 1. The molecule has 0 spiro atoms. The van der Waals surface area contributed by atoms with Gasteiger partial charge in [0.25, 0.3) is 0 Å². The Morgan fingerprint density at radius 1 is 1.45 bits per heavy atom. The lowest BCUT2D eigenvalue weighted by molar-refractivity contribution is -0.146. The average Bonchev–Trinajstić information content (AvgIpc) is 2.39. The standard InChI is InChI=1S/C12H17N3O5/c1-6-8(7(2)14-12(19)13-6)4-10(17)15-9(5-16)11(18)20-3/h9,16H,4-5H2,1-3H3,(H,15,17)(H,13,14,19). The number of carbonyl (C=O) groups is 2. The van der Waals surface area contributed by atoms with Gasteiger partial charge < -0.3 is 20.1 Å². The lowest BCUT2D eigenvalue weighted by Crippen LogP contribution is -2.44. The Morgan fingerprint density at radius 2 is 2.10 bits per heavy atom. The summed E-state index contributed by atoms with van der Waals surface area (Å²) in [6.07, 6.45) is -0.0606. The molecule has 1 atom stereocenters. The lowest BCUT2D eigenvalue weighted by Gasteiger charge is -2.14. The maximum atomic E-state index is 11.8. The summed E-state index contributed by atoms with van der Waals surface area (Å²) in [7, 11) is 1.16. The van der Waals surface area contributed by atoms with Crippen molar-refractivity contribution < 1.29 is 19.4 Å². The molecular weight excluding hydrogens is 266 g/mol. The van der Waals surface area contributed by atoms with Gasteiger partial charge >= 0.3 is 11.7 Å². The van der Waals surface area contributed by atoms with E-state index >= 15 is 0 Å². The second kappa shape index (κ2) is 6.80. The Hall–Kier alpha value is -2.22. The molecule has 0 saturated heterocycles. The van der Waals surface area contributed by atoms with Crippen LogP contribution in [0.3, 0.4) is 0 Å². The Labute approximate surface area is 115 Å². The molecule has 1 aromatic heterocycles. The molecule has 20 heavy (non-hydrogen) atoms. The first-order chi connectivity index (χ1) is 9.38. The second-order valence-corrected chi connectivity index (χ2v) is 4.23. The van der Waals surface area contributed by atoms with Gasteiger partial charge in [-0.1, -0.05) is 0 Å². The molecule has 0 fully saturated rings. The zero-order valence-electron chi connectivity index (χ0n) is 11.5. The highest BCUT2D eigenvalue weighted by molar-refractivity contribution is 5.85. The van der Waals surface area contributed by atoms with Crippen LogP contribution in [0.4, 0.5) is 0 Å². The molecule has 1 unspecified atom stereocenters. The molecule has 1 rings (SSSR count). The Balaban J connectivity index is 2.81. The number of aromatic amines is 1. The molecule has 8 heteroatoms. The maximum absolute atomic E-state index is 11.8. The number of aliphatic hydroxyl groups excluding tert-OH is 1. The van der Waals surface area contributed by atoms with E-state index in [1.165, 1.54) is 0 Å². The van der Waals surface area contributed by atoms with Crippen LogP contribution in [0, 0.1) is 13.8 Å². The predicted molar refractivity (Wildman–Crippen MR) is 69.1 cm³/mol. The normalized spacial score (nSPS) is 11.8. The van der Waals surface area contributed by atoms with Gasteiger partial charge in [-0.25, -0.2) is 9.59 Å². The number of hydrogen-bond donors (Lipinski definition) is 3. The van der Waals surface area contributed by atoms with E-state index in [0.29, 0.717) is 17.0 Å². The first kappa shape index (κ1) is 15.8. The van der Waals surface area contributed by atoms with Crippen molar-refractivity contribution in [3.05, 3.63) is 27.4 Å². The number of aryl methyl sites for hydroxylation is 2. The van der Waals surface area contributed by atoms with E-state index in [-0.39, 0.29) is 6.42 Å². The van der Waals surface area contributed by atoms with Crippen molar-refractivity contribution in [1.82, 2.24) is 15.3 Å². The summed E-state index contributed by atoms with van der Waals surface area (Å²) in [6, 6.07) is -1.11. The summed E-state index contributed by atoms with van der Waals surface area (Å²) < 4.78 is 4.44. The van der Waals surface area contributed by atoms with Crippen molar-refractivity contribution >= 4 is 11.9 Å². The van der Waals surface area contributed by atoms with Crippen molar-refractivity contribution in [1.29, 1.82) is 0 Å². The van der Waals surface area contributed by atoms with Gasteiger partial charge in [-0.15, -0.1) is 0 Å². The molecule has 1 amide bonds. The topological polar surface area (TPSA) is 121 Å². The number of nitrogens with zero attached hydrogens (tertiary/aromatic N) is 1. The minimum atomic E-state index is -1.11. The van der Waals surface area contributed by atoms with Gasteiger partial charge in [0.15, 0.2) is 6.04 Å². The Morgan fingerprint density at radius 3 is 2.60 bits per heavy atom.